The molecule has 2 saturated heterocycles. The molecule has 1 aliphatic carbocycles. The number of rotatable bonds is 6. The molecule has 0 amide bonds. The van der Waals surface area contributed by atoms with Crippen LogP contribution in [0.2, 0.25) is 0 Å². The molecular weight excluding hydrogens is 418 g/mol. The second-order valence-corrected chi connectivity index (χ2v) is 8.84. The van der Waals surface area contributed by atoms with Crippen LogP contribution in [-0.4, -0.2) is 97.2 Å². The summed E-state index contributed by atoms with van der Waals surface area (Å²) in [6.07, 6.45) is -4.36. The minimum atomic E-state index is -1.80. The number of ether oxygens (including phenoxy) is 4. The average Bonchev–Trinajstić information content (AvgIpc) is 2.78. The van der Waals surface area contributed by atoms with Gasteiger partial charge in [0.1, 0.15) is 24.1 Å². The molecule has 1 saturated carbocycles. The third-order valence-electron chi connectivity index (χ3n) is 6.84. The quantitative estimate of drug-likeness (QED) is 0.308. The molecule has 32 heavy (non-hydrogen) atoms. The van der Waals surface area contributed by atoms with Crippen molar-refractivity contribution in [3.8, 4) is 5.75 Å². The third kappa shape index (κ3) is 4.15. The number of nitrogens with one attached hydrogen (secondary N) is 3. The fourth-order valence-corrected chi connectivity index (χ4v) is 5.11. The van der Waals surface area contributed by atoms with Gasteiger partial charge < -0.3 is 50.2 Å². The van der Waals surface area contributed by atoms with Crippen molar-refractivity contribution >= 4 is 0 Å². The lowest BCUT2D eigenvalue weighted by atomic mass is 9.79. The maximum absolute atomic E-state index is 11.6. The van der Waals surface area contributed by atoms with Crippen molar-refractivity contribution in [2.24, 2.45) is 0 Å². The standard InChI is InChI=1S/C22H35N3O7/c1-11-8-14(25-10-12-6-5-7-13(9-12)29-4)22(28)21(30-11)31-20-18(27)15(23-2)17(26)16(24-3)19(20)32-22/h5-7,9,11,14-21,23-28H,8,10H2,1-4H3. The monoisotopic (exact) mass is 453 g/mol. The van der Waals surface area contributed by atoms with Gasteiger partial charge in [-0.05, 0) is 45.1 Å². The van der Waals surface area contributed by atoms with Crippen molar-refractivity contribution < 1.29 is 34.3 Å². The number of fused-ring (bicyclic) bond motifs is 2. The van der Waals surface area contributed by atoms with Crippen LogP contribution in [-0.2, 0) is 20.8 Å². The lowest BCUT2D eigenvalue weighted by Gasteiger charge is -2.58. The van der Waals surface area contributed by atoms with Gasteiger partial charge in [0.15, 0.2) is 0 Å². The van der Waals surface area contributed by atoms with Gasteiger partial charge in [-0.1, -0.05) is 12.1 Å². The molecule has 0 radical (unpaired) electrons. The van der Waals surface area contributed by atoms with Gasteiger partial charge in [-0.15, -0.1) is 0 Å². The zero-order valence-corrected chi connectivity index (χ0v) is 18.9. The topological polar surface area (TPSA) is 134 Å². The van der Waals surface area contributed by atoms with Crippen molar-refractivity contribution in [2.45, 2.75) is 80.6 Å². The molecule has 6 N–H and O–H groups in total. The second kappa shape index (κ2) is 9.49. The summed E-state index contributed by atoms with van der Waals surface area (Å²) in [6, 6.07) is 5.99. The normalized spacial score (nSPS) is 43.9. The van der Waals surface area contributed by atoms with Crippen LogP contribution >= 0.6 is 0 Å². The highest BCUT2D eigenvalue weighted by Crippen LogP contribution is 2.42. The lowest BCUT2D eigenvalue weighted by molar-refractivity contribution is -0.449. The summed E-state index contributed by atoms with van der Waals surface area (Å²) in [5.41, 5.74) is 0.992. The van der Waals surface area contributed by atoms with Crippen LogP contribution in [0.4, 0.5) is 0 Å². The molecule has 1 aromatic rings. The van der Waals surface area contributed by atoms with Crippen LogP contribution in [0.1, 0.15) is 18.9 Å². The SMILES string of the molecule is CNC1C(O)C(NC)C2OC3(O)C(NCc4cccc(OC)c4)CC(C)OC3OC2C1O. The Morgan fingerprint density at radius 2 is 1.84 bits per heavy atom. The predicted octanol–water partition coefficient (Wildman–Crippen LogP) is -1.33. The highest BCUT2D eigenvalue weighted by molar-refractivity contribution is 5.28. The summed E-state index contributed by atoms with van der Waals surface area (Å²) in [5, 5.41) is 42.6. The maximum atomic E-state index is 11.6. The molecule has 0 spiro atoms. The molecule has 10 atom stereocenters. The fourth-order valence-electron chi connectivity index (χ4n) is 5.11. The maximum Gasteiger partial charge on any atom is 0.234 e. The molecule has 0 bridgehead atoms. The summed E-state index contributed by atoms with van der Waals surface area (Å²) in [5.74, 6) is -1.05. The zero-order valence-electron chi connectivity index (χ0n) is 18.9. The van der Waals surface area contributed by atoms with Crippen molar-refractivity contribution in [1.29, 1.82) is 0 Å². The summed E-state index contributed by atoms with van der Waals surface area (Å²) in [6.45, 7) is 2.38. The molecule has 0 aromatic heterocycles. The molecule has 3 aliphatic rings. The number of aliphatic hydroxyl groups excluding tert-OH is 2. The first kappa shape index (κ1) is 23.8. The van der Waals surface area contributed by atoms with Gasteiger partial charge in [-0.25, -0.2) is 0 Å². The first-order valence-electron chi connectivity index (χ1n) is 11.1. The smallest absolute Gasteiger partial charge is 0.234 e. The number of methoxy groups -OCH3 is 1. The minimum Gasteiger partial charge on any atom is -0.497 e. The van der Waals surface area contributed by atoms with E-state index < -0.39 is 54.6 Å². The zero-order chi connectivity index (χ0) is 23.0. The Labute approximate surface area is 188 Å². The van der Waals surface area contributed by atoms with Gasteiger partial charge >= 0.3 is 0 Å². The Hall–Kier alpha value is -1.34. The second-order valence-electron chi connectivity index (χ2n) is 8.84. The van der Waals surface area contributed by atoms with Crippen LogP contribution in [0.25, 0.3) is 0 Å². The summed E-state index contributed by atoms with van der Waals surface area (Å²) in [4.78, 5) is 0. The third-order valence-corrected chi connectivity index (χ3v) is 6.84. The van der Waals surface area contributed by atoms with Gasteiger partial charge in [0.25, 0.3) is 0 Å². The molecular formula is C22H35N3O7. The molecule has 3 fully saturated rings. The molecule has 1 aromatic carbocycles. The Morgan fingerprint density at radius 3 is 2.53 bits per heavy atom. The van der Waals surface area contributed by atoms with E-state index in [1.165, 1.54) is 0 Å². The molecule has 180 valence electrons. The number of likely N-dealkylation sites (N-methyl/N-ethyl adjacent to an activating group) is 2. The van der Waals surface area contributed by atoms with Crippen molar-refractivity contribution in [1.82, 2.24) is 16.0 Å². The Morgan fingerprint density at radius 1 is 1.09 bits per heavy atom. The Bertz CT molecular complexity index is 786. The fraction of sp³-hybridized carbons (Fsp3) is 0.727. The van der Waals surface area contributed by atoms with E-state index in [9.17, 15) is 15.3 Å². The van der Waals surface area contributed by atoms with E-state index in [1.54, 1.807) is 21.2 Å². The van der Waals surface area contributed by atoms with E-state index >= 15 is 0 Å². The highest BCUT2D eigenvalue weighted by atomic mass is 16.8. The minimum absolute atomic E-state index is 0.199. The number of hydrogen-bond acceptors (Lipinski definition) is 10. The van der Waals surface area contributed by atoms with Crippen molar-refractivity contribution in [3.63, 3.8) is 0 Å². The highest BCUT2D eigenvalue weighted by Gasteiger charge is 2.63. The van der Waals surface area contributed by atoms with Gasteiger partial charge in [0.2, 0.25) is 12.1 Å². The molecule has 4 rings (SSSR count). The molecule has 2 aliphatic heterocycles. The molecule has 10 nitrogen and oxygen atoms in total. The number of aliphatic hydroxyl groups is 3. The number of benzene rings is 1. The van der Waals surface area contributed by atoms with Crippen LogP contribution in [0, 0.1) is 0 Å². The van der Waals surface area contributed by atoms with E-state index in [1.807, 2.05) is 31.2 Å². The molecule has 2 heterocycles. The van der Waals surface area contributed by atoms with Crippen LogP contribution < -0.4 is 20.7 Å². The Balaban J connectivity index is 1.56. The van der Waals surface area contributed by atoms with Gasteiger partial charge in [-0.3, -0.25) is 0 Å². The van der Waals surface area contributed by atoms with E-state index in [0.717, 1.165) is 11.3 Å². The van der Waals surface area contributed by atoms with Crippen LogP contribution in [0.3, 0.4) is 0 Å². The summed E-state index contributed by atoms with van der Waals surface area (Å²) < 4.78 is 23.5. The number of hydrogen-bond donors (Lipinski definition) is 6. The van der Waals surface area contributed by atoms with E-state index in [0.29, 0.717) is 13.0 Å². The van der Waals surface area contributed by atoms with Gasteiger partial charge in [0.05, 0.1) is 37.4 Å². The molecule has 10 unspecified atom stereocenters. The van der Waals surface area contributed by atoms with Gasteiger partial charge in [0, 0.05) is 6.54 Å². The predicted molar refractivity (Wildman–Crippen MR) is 115 cm³/mol. The summed E-state index contributed by atoms with van der Waals surface area (Å²) >= 11 is 0. The van der Waals surface area contributed by atoms with Crippen molar-refractivity contribution in [3.05, 3.63) is 29.8 Å². The van der Waals surface area contributed by atoms with Crippen LogP contribution in [0.15, 0.2) is 24.3 Å². The largest absolute Gasteiger partial charge is 0.497 e. The van der Waals surface area contributed by atoms with Crippen molar-refractivity contribution in [2.75, 3.05) is 21.2 Å². The Kier molecular flexibility index (Phi) is 7.06. The van der Waals surface area contributed by atoms with E-state index in [2.05, 4.69) is 16.0 Å². The first-order chi connectivity index (χ1) is 15.3. The lowest BCUT2D eigenvalue weighted by Crippen LogP contribution is -2.79. The van der Waals surface area contributed by atoms with E-state index in [4.69, 9.17) is 18.9 Å². The molecule has 10 heteroatoms. The van der Waals surface area contributed by atoms with Crippen LogP contribution in [0.5, 0.6) is 5.75 Å². The summed E-state index contributed by atoms with van der Waals surface area (Å²) in [7, 11) is 4.99. The van der Waals surface area contributed by atoms with E-state index in [-0.39, 0.29) is 6.10 Å². The average molecular weight is 454 g/mol. The van der Waals surface area contributed by atoms with Gasteiger partial charge in [-0.2, -0.15) is 0 Å². The first-order valence-corrected chi connectivity index (χ1v) is 11.1.